The standard InChI is InChI=1S/C24H38N2O3/c1-16(2)19-13-12-17(3)14-20(19)22(27)25-15-21(18-10-8-7-9-11-18)26-23(28)29-24(4,5)6/h7-11,16-17,19-21H,12-15H2,1-6H3,(H,25,27)(H,26,28)/t17-,19+,20-,21-/m1/s1. The summed E-state index contributed by atoms with van der Waals surface area (Å²) in [7, 11) is 0. The van der Waals surface area contributed by atoms with Crippen molar-refractivity contribution in [2.24, 2.45) is 23.7 Å². The van der Waals surface area contributed by atoms with Crippen molar-refractivity contribution in [3.63, 3.8) is 0 Å². The Morgan fingerprint density at radius 3 is 2.38 bits per heavy atom. The zero-order valence-electron chi connectivity index (χ0n) is 18.8. The first-order valence-electron chi connectivity index (χ1n) is 10.9. The van der Waals surface area contributed by atoms with Crippen molar-refractivity contribution in [2.75, 3.05) is 6.54 Å². The van der Waals surface area contributed by atoms with Crippen LogP contribution in [0.25, 0.3) is 0 Å². The van der Waals surface area contributed by atoms with Gasteiger partial charge in [0.25, 0.3) is 0 Å². The van der Waals surface area contributed by atoms with Crippen molar-refractivity contribution in [2.45, 2.75) is 72.4 Å². The third kappa shape index (κ3) is 7.37. The van der Waals surface area contributed by atoms with Gasteiger partial charge in [-0.25, -0.2) is 4.79 Å². The quantitative estimate of drug-likeness (QED) is 0.697. The predicted molar refractivity (Wildman–Crippen MR) is 116 cm³/mol. The van der Waals surface area contributed by atoms with Crippen LogP contribution in [0.4, 0.5) is 4.79 Å². The summed E-state index contributed by atoms with van der Waals surface area (Å²) in [5.74, 6) is 1.62. The van der Waals surface area contributed by atoms with E-state index in [2.05, 4.69) is 31.4 Å². The van der Waals surface area contributed by atoms with Crippen LogP contribution in [-0.4, -0.2) is 24.1 Å². The van der Waals surface area contributed by atoms with E-state index in [1.807, 2.05) is 51.1 Å². The molecule has 1 aromatic carbocycles. The minimum atomic E-state index is -0.572. The lowest BCUT2D eigenvalue weighted by molar-refractivity contribution is -0.129. The van der Waals surface area contributed by atoms with Crippen LogP contribution in [0.15, 0.2) is 30.3 Å². The predicted octanol–water partition coefficient (Wildman–Crippen LogP) is 5.08. The van der Waals surface area contributed by atoms with Gasteiger partial charge in [0, 0.05) is 12.5 Å². The molecule has 1 aliphatic rings. The van der Waals surface area contributed by atoms with E-state index in [9.17, 15) is 9.59 Å². The molecule has 0 heterocycles. The molecular weight excluding hydrogens is 364 g/mol. The maximum absolute atomic E-state index is 13.1. The fourth-order valence-corrected chi connectivity index (χ4v) is 4.22. The molecule has 2 N–H and O–H groups in total. The summed E-state index contributed by atoms with van der Waals surface area (Å²) in [6, 6.07) is 9.36. The van der Waals surface area contributed by atoms with Gasteiger partial charge in [0.15, 0.2) is 0 Å². The number of rotatable bonds is 6. The van der Waals surface area contributed by atoms with Crippen LogP contribution in [0, 0.1) is 23.7 Å². The third-order valence-electron chi connectivity index (χ3n) is 5.73. The van der Waals surface area contributed by atoms with Crippen molar-refractivity contribution >= 4 is 12.0 Å². The number of hydrogen-bond acceptors (Lipinski definition) is 3. The molecular formula is C24H38N2O3. The van der Waals surface area contributed by atoms with E-state index >= 15 is 0 Å². The van der Waals surface area contributed by atoms with Crippen molar-refractivity contribution in [1.29, 1.82) is 0 Å². The third-order valence-corrected chi connectivity index (χ3v) is 5.73. The van der Waals surface area contributed by atoms with Crippen molar-refractivity contribution in [3.8, 4) is 0 Å². The Morgan fingerprint density at radius 1 is 1.14 bits per heavy atom. The molecule has 0 unspecified atom stereocenters. The van der Waals surface area contributed by atoms with Crippen LogP contribution >= 0.6 is 0 Å². The molecule has 1 saturated carbocycles. The molecule has 1 aliphatic carbocycles. The molecule has 0 saturated heterocycles. The summed E-state index contributed by atoms with van der Waals surface area (Å²) in [5, 5.41) is 6.03. The highest BCUT2D eigenvalue weighted by atomic mass is 16.6. The molecule has 1 aromatic rings. The van der Waals surface area contributed by atoms with Gasteiger partial charge in [-0.05, 0) is 56.9 Å². The zero-order chi connectivity index (χ0) is 21.6. The van der Waals surface area contributed by atoms with Gasteiger partial charge in [-0.15, -0.1) is 0 Å². The number of benzene rings is 1. The summed E-state index contributed by atoms with van der Waals surface area (Å²) >= 11 is 0. The van der Waals surface area contributed by atoms with Crippen LogP contribution in [0.5, 0.6) is 0 Å². The van der Waals surface area contributed by atoms with Gasteiger partial charge in [0.05, 0.1) is 6.04 Å². The van der Waals surface area contributed by atoms with Gasteiger partial charge in [-0.3, -0.25) is 4.79 Å². The highest BCUT2D eigenvalue weighted by molar-refractivity contribution is 5.79. The lowest BCUT2D eigenvalue weighted by Gasteiger charge is -2.36. The second-order valence-corrected chi connectivity index (χ2v) is 9.79. The molecule has 0 bridgehead atoms. The smallest absolute Gasteiger partial charge is 0.408 e. The molecule has 5 heteroatoms. The van der Waals surface area contributed by atoms with Crippen LogP contribution < -0.4 is 10.6 Å². The highest BCUT2D eigenvalue weighted by Gasteiger charge is 2.35. The largest absolute Gasteiger partial charge is 0.444 e. The first-order chi connectivity index (χ1) is 13.6. The second kappa shape index (κ2) is 10.1. The van der Waals surface area contributed by atoms with Crippen LogP contribution in [0.2, 0.25) is 0 Å². The molecule has 0 spiro atoms. The molecule has 1 fully saturated rings. The monoisotopic (exact) mass is 402 g/mol. The summed E-state index contributed by atoms with van der Waals surface area (Å²) in [4.78, 5) is 25.4. The maximum Gasteiger partial charge on any atom is 0.408 e. The molecule has 2 amide bonds. The number of amides is 2. The van der Waals surface area contributed by atoms with Crippen molar-refractivity contribution in [3.05, 3.63) is 35.9 Å². The van der Waals surface area contributed by atoms with E-state index in [1.165, 1.54) is 6.42 Å². The van der Waals surface area contributed by atoms with E-state index in [1.54, 1.807) is 0 Å². The van der Waals surface area contributed by atoms with E-state index in [-0.39, 0.29) is 17.9 Å². The summed E-state index contributed by atoms with van der Waals surface area (Å²) < 4.78 is 5.41. The number of carbonyl (C=O) groups is 2. The zero-order valence-corrected chi connectivity index (χ0v) is 18.8. The number of carbonyl (C=O) groups excluding carboxylic acids is 2. The topological polar surface area (TPSA) is 67.4 Å². The highest BCUT2D eigenvalue weighted by Crippen LogP contribution is 2.38. The summed E-state index contributed by atoms with van der Waals surface area (Å²) in [6.07, 6.45) is 2.76. The van der Waals surface area contributed by atoms with E-state index in [0.29, 0.717) is 24.3 Å². The van der Waals surface area contributed by atoms with Gasteiger partial charge in [0.1, 0.15) is 5.60 Å². The Bertz CT molecular complexity index is 666. The number of hydrogen-bond donors (Lipinski definition) is 2. The number of nitrogens with one attached hydrogen (secondary N) is 2. The molecule has 0 aliphatic heterocycles. The Labute approximate surface area is 176 Å². The van der Waals surface area contributed by atoms with Crippen molar-refractivity contribution in [1.82, 2.24) is 10.6 Å². The summed E-state index contributed by atoms with van der Waals surface area (Å²) in [6.45, 7) is 12.5. The van der Waals surface area contributed by atoms with Gasteiger partial charge in [-0.2, -0.15) is 0 Å². The molecule has 0 radical (unpaired) electrons. The number of alkyl carbamates (subject to hydrolysis) is 1. The summed E-state index contributed by atoms with van der Waals surface area (Å²) in [5.41, 5.74) is 0.369. The molecule has 29 heavy (non-hydrogen) atoms. The first-order valence-corrected chi connectivity index (χ1v) is 10.9. The van der Waals surface area contributed by atoms with Gasteiger partial charge >= 0.3 is 6.09 Å². The second-order valence-electron chi connectivity index (χ2n) is 9.79. The first kappa shape index (κ1) is 23.2. The van der Waals surface area contributed by atoms with Crippen LogP contribution in [-0.2, 0) is 9.53 Å². The molecule has 4 atom stereocenters. The van der Waals surface area contributed by atoms with E-state index in [4.69, 9.17) is 4.74 Å². The Hall–Kier alpha value is -2.04. The normalized spacial score (nSPS) is 23.3. The van der Waals surface area contributed by atoms with Gasteiger partial charge in [-0.1, -0.05) is 57.5 Å². The van der Waals surface area contributed by atoms with Crippen LogP contribution in [0.1, 0.15) is 72.4 Å². The fourth-order valence-electron chi connectivity index (χ4n) is 4.22. The molecule has 0 aromatic heterocycles. The Morgan fingerprint density at radius 2 is 1.79 bits per heavy atom. The minimum absolute atomic E-state index is 0.0386. The average Bonchev–Trinajstić information content (AvgIpc) is 2.63. The minimum Gasteiger partial charge on any atom is -0.444 e. The molecule has 162 valence electrons. The van der Waals surface area contributed by atoms with Gasteiger partial charge in [0.2, 0.25) is 5.91 Å². The van der Waals surface area contributed by atoms with Gasteiger partial charge < -0.3 is 15.4 Å². The molecule has 5 nitrogen and oxygen atoms in total. The maximum atomic E-state index is 13.1. The van der Waals surface area contributed by atoms with E-state index in [0.717, 1.165) is 18.4 Å². The fraction of sp³-hybridized carbons (Fsp3) is 0.667. The van der Waals surface area contributed by atoms with E-state index < -0.39 is 11.7 Å². The van der Waals surface area contributed by atoms with Crippen LogP contribution in [0.3, 0.4) is 0 Å². The number of ether oxygens (including phenoxy) is 1. The SMILES string of the molecule is CC(C)[C@@H]1CC[C@@H](C)C[C@H]1C(=O)NC[C@@H](NC(=O)OC(C)(C)C)c1ccccc1. The molecule has 2 rings (SSSR count). The Kier molecular flexibility index (Phi) is 8.12. The lowest BCUT2D eigenvalue weighted by atomic mass is 9.70. The van der Waals surface area contributed by atoms with Crippen molar-refractivity contribution < 1.29 is 14.3 Å². The lowest BCUT2D eigenvalue weighted by Crippen LogP contribution is -2.44. The average molecular weight is 403 g/mol. The Balaban J connectivity index is 2.06.